The SMILES string of the molecule is COC(=O)C(CC(C)S)NC(=O)CN1C(=O)N(CCCc2cn(C(c3ccccc3)(c3ccccc3)c3ccccc3)cn2)C(=O)C1(C)c1cccc2ccccc12. The first-order valence-corrected chi connectivity index (χ1v) is 20.0. The van der Waals surface area contributed by atoms with Crippen molar-refractivity contribution in [3.63, 3.8) is 0 Å². The fraction of sp³-hybridized carbons (Fsp3) is 0.255. The minimum absolute atomic E-state index is 0.103. The number of thiol groups is 1. The van der Waals surface area contributed by atoms with Gasteiger partial charge in [-0.3, -0.25) is 19.4 Å². The van der Waals surface area contributed by atoms with Crippen LogP contribution in [0.3, 0.4) is 0 Å². The van der Waals surface area contributed by atoms with Gasteiger partial charge in [-0.05, 0) is 59.2 Å². The van der Waals surface area contributed by atoms with Gasteiger partial charge in [0.15, 0.2) is 0 Å². The van der Waals surface area contributed by atoms with Crippen LogP contribution in [0.1, 0.15) is 54.6 Å². The van der Waals surface area contributed by atoms with Crippen LogP contribution in [0.5, 0.6) is 0 Å². The zero-order chi connectivity index (χ0) is 40.9. The predicted octanol–water partition coefficient (Wildman–Crippen LogP) is 7.35. The second kappa shape index (κ2) is 17.1. The van der Waals surface area contributed by atoms with Gasteiger partial charge in [-0.15, -0.1) is 0 Å². The number of nitrogens with one attached hydrogen (secondary N) is 1. The van der Waals surface area contributed by atoms with Crippen molar-refractivity contribution in [2.75, 3.05) is 20.2 Å². The van der Waals surface area contributed by atoms with Gasteiger partial charge >= 0.3 is 12.0 Å². The van der Waals surface area contributed by atoms with Crippen LogP contribution in [0.4, 0.5) is 4.79 Å². The summed E-state index contributed by atoms with van der Waals surface area (Å²) in [6.07, 6.45) is 5.02. The number of methoxy groups -OCH3 is 1. The fourth-order valence-corrected chi connectivity index (χ4v) is 8.51. The van der Waals surface area contributed by atoms with Crippen LogP contribution in [-0.4, -0.2) is 74.7 Å². The largest absolute Gasteiger partial charge is 0.467 e. The van der Waals surface area contributed by atoms with Crippen LogP contribution in [0, 0.1) is 0 Å². The molecule has 296 valence electrons. The summed E-state index contributed by atoms with van der Waals surface area (Å²) in [4.78, 5) is 62.7. The first-order valence-electron chi connectivity index (χ1n) is 19.5. The topological polar surface area (TPSA) is 114 Å². The molecule has 5 aromatic carbocycles. The lowest BCUT2D eigenvalue weighted by atomic mass is 9.77. The molecule has 58 heavy (non-hydrogen) atoms. The van der Waals surface area contributed by atoms with Crippen molar-refractivity contribution in [1.29, 1.82) is 0 Å². The first kappa shape index (κ1) is 40.0. The molecule has 0 spiro atoms. The number of carbonyl (C=O) groups is 4. The Morgan fingerprint density at radius 1 is 0.828 bits per heavy atom. The number of amides is 4. The summed E-state index contributed by atoms with van der Waals surface area (Å²) in [5.74, 6) is -1.65. The van der Waals surface area contributed by atoms with Crippen molar-refractivity contribution >= 4 is 47.2 Å². The Balaban J connectivity index is 1.18. The lowest BCUT2D eigenvalue weighted by Gasteiger charge is -2.37. The highest BCUT2D eigenvalue weighted by molar-refractivity contribution is 7.80. The van der Waals surface area contributed by atoms with Crippen LogP contribution < -0.4 is 5.32 Å². The number of fused-ring (bicyclic) bond motifs is 1. The van der Waals surface area contributed by atoms with Crippen molar-refractivity contribution in [1.82, 2.24) is 24.7 Å². The number of aryl methyl sites for hydroxylation is 1. The summed E-state index contributed by atoms with van der Waals surface area (Å²) >= 11 is 4.40. The number of imidazole rings is 1. The van der Waals surface area contributed by atoms with Gasteiger partial charge < -0.3 is 14.6 Å². The number of carbonyl (C=O) groups excluding carboxylic acids is 4. The standard InChI is InChI=1S/C47H47N5O5S/c1-33(58)29-41(43(54)57-3)49-42(53)31-52-45(56)51(44(55)46(52,2)40-27-15-18-34-17-13-14-26-39(34)40)28-16-25-38-30-50(32-48-38)47(35-19-7-4-8-20-35,36-21-9-5-10-22-36)37-23-11-6-12-24-37/h4-15,17-24,26-27,30,32-33,41,58H,16,25,28-29,31H2,1-3H3,(H,49,53). The number of rotatable bonds is 15. The molecule has 0 radical (unpaired) electrons. The number of ether oxygens (including phenoxy) is 1. The van der Waals surface area contributed by atoms with Gasteiger partial charge in [-0.25, -0.2) is 14.6 Å². The molecule has 11 heteroatoms. The van der Waals surface area contributed by atoms with E-state index in [0.717, 1.165) is 33.2 Å². The van der Waals surface area contributed by atoms with E-state index in [9.17, 15) is 19.2 Å². The van der Waals surface area contributed by atoms with Crippen LogP contribution in [0.15, 0.2) is 146 Å². The van der Waals surface area contributed by atoms with Crippen LogP contribution >= 0.6 is 12.6 Å². The number of esters is 1. The van der Waals surface area contributed by atoms with Crippen LogP contribution in [0.25, 0.3) is 10.8 Å². The molecule has 0 saturated carbocycles. The normalized spacial score (nSPS) is 16.7. The Morgan fingerprint density at radius 2 is 1.40 bits per heavy atom. The summed E-state index contributed by atoms with van der Waals surface area (Å²) in [5, 5.41) is 4.19. The Morgan fingerprint density at radius 3 is 1.98 bits per heavy atom. The Bertz CT molecular complexity index is 2300. The van der Waals surface area contributed by atoms with E-state index in [4.69, 9.17) is 9.72 Å². The number of aromatic nitrogens is 2. The molecule has 0 aliphatic carbocycles. The Kier molecular flexibility index (Phi) is 11.8. The number of hydrogen-bond donors (Lipinski definition) is 2. The molecular formula is C47H47N5O5S. The molecule has 7 rings (SSSR count). The summed E-state index contributed by atoms with van der Waals surface area (Å²) in [5.41, 5.74) is 2.36. The van der Waals surface area contributed by atoms with E-state index in [0.29, 0.717) is 18.4 Å². The molecule has 1 aliphatic heterocycles. The average Bonchev–Trinajstić information content (AvgIpc) is 3.79. The summed E-state index contributed by atoms with van der Waals surface area (Å²) in [7, 11) is 1.25. The Hall–Kier alpha value is -6.20. The van der Waals surface area contributed by atoms with Gasteiger partial charge in [-0.2, -0.15) is 12.6 Å². The van der Waals surface area contributed by atoms with E-state index >= 15 is 0 Å². The van der Waals surface area contributed by atoms with Crippen LogP contribution in [0.2, 0.25) is 0 Å². The lowest BCUT2D eigenvalue weighted by Crippen LogP contribution is -2.52. The molecule has 3 atom stereocenters. The molecule has 2 heterocycles. The maximum Gasteiger partial charge on any atom is 0.328 e. The number of nitrogens with zero attached hydrogens (tertiary/aromatic N) is 4. The quantitative estimate of drug-likeness (QED) is 0.0487. The molecule has 1 saturated heterocycles. The highest BCUT2D eigenvalue weighted by atomic mass is 32.1. The zero-order valence-electron chi connectivity index (χ0n) is 32.8. The third kappa shape index (κ3) is 7.49. The van der Waals surface area contributed by atoms with E-state index in [1.807, 2.05) is 110 Å². The van der Waals surface area contributed by atoms with Crippen LogP contribution in [-0.2, 0) is 36.6 Å². The summed E-state index contributed by atoms with van der Waals surface area (Å²) in [6, 6.07) is 42.7. The average molecular weight is 794 g/mol. The molecule has 1 N–H and O–H groups in total. The maximum atomic E-state index is 14.7. The van der Waals surface area contributed by atoms with Crippen molar-refractivity contribution in [2.45, 2.75) is 55.5 Å². The molecular weight excluding hydrogens is 747 g/mol. The number of urea groups is 1. The molecule has 0 bridgehead atoms. The van der Waals surface area contributed by atoms with Gasteiger partial charge in [0.1, 0.15) is 23.7 Å². The molecule has 1 fully saturated rings. The van der Waals surface area contributed by atoms with E-state index in [1.54, 1.807) is 13.8 Å². The smallest absolute Gasteiger partial charge is 0.328 e. The molecule has 4 amide bonds. The van der Waals surface area contributed by atoms with E-state index in [-0.39, 0.29) is 18.2 Å². The van der Waals surface area contributed by atoms with Gasteiger partial charge in [-0.1, -0.05) is 140 Å². The van der Waals surface area contributed by atoms with Gasteiger partial charge in [0.25, 0.3) is 5.91 Å². The molecule has 10 nitrogen and oxygen atoms in total. The van der Waals surface area contributed by atoms with Crippen molar-refractivity contribution in [2.24, 2.45) is 0 Å². The molecule has 1 aliphatic rings. The van der Waals surface area contributed by atoms with E-state index < -0.39 is 47.5 Å². The van der Waals surface area contributed by atoms with E-state index in [2.05, 4.69) is 58.9 Å². The molecule has 3 unspecified atom stereocenters. The minimum atomic E-state index is -1.52. The first-order chi connectivity index (χ1) is 28.1. The second-order valence-electron chi connectivity index (χ2n) is 14.8. The molecule has 6 aromatic rings. The molecule has 1 aromatic heterocycles. The third-order valence-electron chi connectivity index (χ3n) is 11.1. The highest BCUT2D eigenvalue weighted by Gasteiger charge is 2.56. The highest BCUT2D eigenvalue weighted by Crippen LogP contribution is 2.42. The van der Waals surface area contributed by atoms with Crippen molar-refractivity contribution < 1.29 is 23.9 Å². The third-order valence-corrected chi connectivity index (χ3v) is 11.3. The van der Waals surface area contributed by atoms with Gasteiger partial charge in [0, 0.05) is 18.0 Å². The van der Waals surface area contributed by atoms with E-state index in [1.165, 1.54) is 16.9 Å². The summed E-state index contributed by atoms with van der Waals surface area (Å²) in [6.45, 7) is 3.14. The fourth-order valence-electron chi connectivity index (χ4n) is 8.30. The van der Waals surface area contributed by atoms with Crippen molar-refractivity contribution in [3.05, 3.63) is 174 Å². The lowest BCUT2D eigenvalue weighted by molar-refractivity contribution is -0.145. The maximum absolute atomic E-state index is 14.7. The number of hydrogen-bond acceptors (Lipinski definition) is 7. The zero-order valence-corrected chi connectivity index (χ0v) is 33.7. The summed E-state index contributed by atoms with van der Waals surface area (Å²) < 4.78 is 7.07. The second-order valence-corrected chi connectivity index (χ2v) is 15.7. The Labute approximate surface area is 344 Å². The number of imide groups is 1. The van der Waals surface area contributed by atoms with Gasteiger partial charge in [0.05, 0.1) is 19.1 Å². The minimum Gasteiger partial charge on any atom is -0.467 e. The van der Waals surface area contributed by atoms with Crippen molar-refractivity contribution in [3.8, 4) is 0 Å². The number of benzene rings is 5. The monoisotopic (exact) mass is 793 g/mol. The predicted molar refractivity (Wildman–Crippen MR) is 227 cm³/mol. The van der Waals surface area contributed by atoms with Gasteiger partial charge in [0.2, 0.25) is 5.91 Å².